The van der Waals surface area contributed by atoms with E-state index in [0.717, 1.165) is 23.6 Å². The lowest BCUT2D eigenvalue weighted by atomic mass is 9.74. The molecule has 3 nitrogen and oxygen atoms in total. The summed E-state index contributed by atoms with van der Waals surface area (Å²) in [5, 5.41) is 8.75. The molecule has 0 saturated carbocycles. The van der Waals surface area contributed by atoms with E-state index in [1.54, 1.807) is 0 Å². The minimum Gasteiger partial charge on any atom is -0.313 e. The van der Waals surface area contributed by atoms with Gasteiger partial charge in [-0.15, -0.1) is 0 Å². The Morgan fingerprint density at radius 1 is 1.40 bits per heavy atom. The smallest absolute Gasteiger partial charge is 0.0663 e. The van der Waals surface area contributed by atoms with E-state index in [1.165, 1.54) is 11.3 Å². The van der Waals surface area contributed by atoms with Gasteiger partial charge in [-0.25, -0.2) is 4.68 Å². The van der Waals surface area contributed by atoms with Gasteiger partial charge >= 0.3 is 0 Å². The quantitative estimate of drug-likeness (QED) is 0.912. The third-order valence-corrected chi connectivity index (χ3v) is 4.32. The fourth-order valence-electron chi connectivity index (χ4n) is 3.13. The highest BCUT2D eigenvalue weighted by molar-refractivity contribution is 6.30. The zero-order valence-corrected chi connectivity index (χ0v) is 12.9. The molecule has 0 fully saturated rings. The van der Waals surface area contributed by atoms with E-state index in [1.807, 2.05) is 36.1 Å². The average molecular weight is 290 g/mol. The number of nitrogens with zero attached hydrogens (tertiary/aromatic N) is 2. The molecule has 1 aromatic heterocycles. The van der Waals surface area contributed by atoms with E-state index in [0.29, 0.717) is 6.04 Å². The van der Waals surface area contributed by atoms with Crippen LogP contribution in [0.5, 0.6) is 0 Å². The fourth-order valence-corrected chi connectivity index (χ4v) is 3.31. The summed E-state index contributed by atoms with van der Waals surface area (Å²) in [5.74, 6) is 0. The number of halogens is 1. The lowest BCUT2D eigenvalue weighted by Gasteiger charge is -2.35. The average Bonchev–Trinajstić information content (AvgIpc) is 2.80. The van der Waals surface area contributed by atoms with Crippen molar-refractivity contribution in [1.29, 1.82) is 0 Å². The van der Waals surface area contributed by atoms with Gasteiger partial charge in [-0.2, -0.15) is 5.10 Å². The van der Waals surface area contributed by atoms with Crippen LogP contribution >= 0.6 is 11.6 Å². The molecule has 1 N–H and O–H groups in total. The first-order chi connectivity index (χ1) is 9.50. The van der Waals surface area contributed by atoms with E-state index >= 15 is 0 Å². The molecule has 0 radical (unpaired) electrons. The third kappa shape index (κ3) is 2.36. The highest BCUT2D eigenvalue weighted by Crippen LogP contribution is 2.41. The molecule has 4 heteroatoms. The van der Waals surface area contributed by atoms with Crippen molar-refractivity contribution in [3.8, 4) is 5.69 Å². The first-order valence-electron chi connectivity index (χ1n) is 7.00. The van der Waals surface area contributed by atoms with Crippen molar-refractivity contribution in [3.05, 3.63) is 46.7 Å². The first kappa shape index (κ1) is 13.7. The molecule has 1 unspecified atom stereocenters. The monoisotopic (exact) mass is 289 g/mol. The largest absolute Gasteiger partial charge is 0.313 e. The molecule has 0 bridgehead atoms. The normalized spacial score (nSPS) is 20.7. The molecule has 1 heterocycles. The van der Waals surface area contributed by atoms with Crippen LogP contribution in [0.3, 0.4) is 0 Å². The van der Waals surface area contributed by atoms with Crippen molar-refractivity contribution in [2.24, 2.45) is 5.41 Å². The maximum absolute atomic E-state index is 6.10. The standard InChI is InChI=1S/C16H20ClN3/c1-16(2)8-14(18-3)13-10-19-20(15(13)9-16)12-6-4-5-11(17)7-12/h4-7,10,14,18H,8-9H2,1-3H3. The van der Waals surface area contributed by atoms with Crippen LogP contribution in [0.2, 0.25) is 5.02 Å². The summed E-state index contributed by atoms with van der Waals surface area (Å²) in [6, 6.07) is 8.25. The van der Waals surface area contributed by atoms with Gasteiger partial charge in [-0.3, -0.25) is 0 Å². The highest BCUT2D eigenvalue weighted by atomic mass is 35.5. The summed E-state index contributed by atoms with van der Waals surface area (Å²) < 4.78 is 2.03. The number of rotatable bonds is 2. The number of benzene rings is 1. The van der Waals surface area contributed by atoms with Gasteiger partial charge in [0.25, 0.3) is 0 Å². The Labute approximate surface area is 124 Å². The SMILES string of the molecule is CNC1CC(C)(C)Cc2c1cnn2-c1cccc(Cl)c1. The summed E-state index contributed by atoms with van der Waals surface area (Å²) in [6.07, 6.45) is 4.16. The molecular weight excluding hydrogens is 270 g/mol. The number of aromatic nitrogens is 2. The van der Waals surface area contributed by atoms with E-state index in [-0.39, 0.29) is 5.41 Å². The highest BCUT2D eigenvalue weighted by Gasteiger charge is 2.34. The molecule has 1 aliphatic carbocycles. The predicted octanol–water partition coefficient (Wildman–Crippen LogP) is 3.76. The summed E-state index contributed by atoms with van der Waals surface area (Å²) in [7, 11) is 2.02. The Kier molecular flexibility index (Phi) is 3.35. The molecular formula is C16H20ClN3. The minimum atomic E-state index is 0.275. The number of hydrogen-bond acceptors (Lipinski definition) is 2. The van der Waals surface area contributed by atoms with Gasteiger partial charge in [0.2, 0.25) is 0 Å². The van der Waals surface area contributed by atoms with Crippen molar-refractivity contribution in [2.45, 2.75) is 32.7 Å². The maximum Gasteiger partial charge on any atom is 0.0663 e. The molecule has 1 atom stereocenters. The number of nitrogens with one attached hydrogen (secondary N) is 1. The summed E-state index contributed by atoms with van der Waals surface area (Å²) in [6.45, 7) is 4.63. The maximum atomic E-state index is 6.10. The lowest BCUT2D eigenvalue weighted by molar-refractivity contribution is 0.260. The van der Waals surface area contributed by atoms with Crippen molar-refractivity contribution in [3.63, 3.8) is 0 Å². The van der Waals surface area contributed by atoms with Crippen LogP contribution in [0.15, 0.2) is 30.5 Å². The first-order valence-corrected chi connectivity index (χ1v) is 7.38. The van der Waals surface area contributed by atoms with Crippen molar-refractivity contribution < 1.29 is 0 Å². The molecule has 1 aliphatic rings. The Hall–Kier alpha value is -1.32. The van der Waals surface area contributed by atoms with Gasteiger partial charge < -0.3 is 5.32 Å². The Balaban J connectivity index is 2.10. The topological polar surface area (TPSA) is 29.9 Å². The van der Waals surface area contributed by atoms with Crippen LogP contribution in [-0.4, -0.2) is 16.8 Å². The third-order valence-electron chi connectivity index (χ3n) is 4.08. The van der Waals surface area contributed by atoms with Crippen molar-refractivity contribution in [1.82, 2.24) is 15.1 Å². The second-order valence-electron chi connectivity index (χ2n) is 6.32. The van der Waals surface area contributed by atoms with Crippen molar-refractivity contribution >= 4 is 11.6 Å². The number of fused-ring (bicyclic) bond motifs is 1. The van der Waals surface area contributed by atoms with Crippen LogP contribution in [0.4, 0.5) is 0 Å². The second-order valence-corrected chi connectivity index (χ2v) is 6.76. The predicted molar refractivity (Wildman–Crippen MR) is 82.5 cm³/mol. The molecule has 0 saturated heterocycles. The zero-order chi connectivity index (χ0) is 14.3. The minimum absolute atomic E-state index is 0.275. The molecule has 20 heavy (non-hydrogen) atoms. The molecule has 0 aliphatic heterocycles. The van der Waals surface area contributed by atoms with E-state index in [2.05, 4.69) is 30.3 Å². The van der Waals surface area contributed by atoms with E-state index in [4.69, 9.17) is 11.6 Å². The van der Waals surface area contributed by atoms with Crippen LogP contribution in [0.1, 0.15) is 37.6 Å². The van der Waals surface area contributed by atoms with Gasteiger partial charge in [0.1, 0.15) is 0 Å². The van der Waals surface area contributed by atoms with Crippen molar-refractivity contribution in [2.75, 3.05) is 7.05 Å². The van der Waals surface area contributed by atoms with Gasteiger partial charge in [-0.05, 0) is 43.5 Å². The Morgan fingerprint density at radius 3 is 2.90 bits per heavy atom. The zero-order valence-electron chi connectivity index (χ0n) is 12.2. The van der Waals surface area contributed by atoms with E-state index in [9.17, 15) is 0 Å². The Morgan fingerprint density at radius 2 is 2.20 bits per heavy atom. The van der Waals surface area contributed by atoms with E-state index < -0.39 is 0 Å². The molecule has 0 spiro atoms. The van der Waals surface area contributed by atoms with Crippen LogP contribution in [0, 0.1) is 5.41 Å². The number of hydrogen-bond donors (Lipinski definition) is 1. The molecule has 2 aromatic rings. The lowest BCUT2D eigenvalue weighted by Crippen LogP contribution is -2.32. The Bertz CT molecular complexity index is 630. The van der Waals surface area contributed by atoms with Gasteiger partial charge in [0, 0.05) is 22.3 Å². The molecule has 106 valence electrons. The molecule has 0 amide bonds. The van der Waals surface area contributed by atoms with Crippen LogP contribution < -0.4 is 5.32 Å². The molecule has 3 rings (SSSR count). The summed E-state index contributed by atoms with van der Waals surface area (Å²) >= 11 is 6.10. The second kappa shape index (κ2) is 4.90. The summed E-state index contributed by atoms with van der Waals surface area (Å²) in [4.78, 5) is 0. The van der Waals surface area contributed by atoms with Crippen LogP contribution in [-0.2, 0) is 6.42 Å². The molecule has 1 aromatic carbocycles. The fraction of sp³-hybridized carbons (Fsp3) is 0.438. The van der Waals surface area contributed by atoms with Gasteiger partial charge in [0.05, 0.1) is 11.9 Å². The van der Waals surface area contributed by atoms with Crippen LogP contribution in [0.25, 0.3) is 5.69 Å². The van der Waals surface area contributed by atoms with Gasteiger partial charge in [0.15, 0.2) is 0 Å². The van der Waals surface area contributed by atoms with Gasteiger partial charge in [-0.1, -0.05) is 31.5 Å². The summed E-state index contributed by atoms with van der Waals surface area (Å²) in [5.41, 5.74) is 3.91.